The van der Waals surface area contributed by atoms with E-state index >= 15 is 0 Å². The van der Waals surface area contributed by atoms with Crippen molar-refractivity contribution in [3.8, 4) is 0 Å². The second-order valence-electron chi connectivity index (χ2n) is 27.9. The number of likely N-dealkylation sites (N-methyl/N-ethyl adjacent to an activating group) is 1. The van der Waals surface area contributed by atoms with Crippen molar-refractivity contribution < 1.29 is 37.3 Å². The highest BCUT2D eigenvalue weighted by Gasteiger charge is 2.30. The molecule has 0 aromatic heterocycles. The number of unbranched alkanes of at least 4 members (excludes halogenated alkanes) is 52. The van der Waals surface area contributed by atoms with Gasteiger partial charge < -0.3 is 19.4 Å². The fraction of sp³-hybridized carbons (Fsp3) is 0.897. The van der Waals surface area contributed by atoms with Gasteiger partial charge in [-0.3, -0.25) is 18.6 Å². The van der Waals surface area contributed by atoms with Gasteiger partial charge in [-0.2, -0.15) is 0 Å². The number of hydrogen-bond donors (Lipinski definition) is 2. The van der Waals surface area contributed by atoms with Gasteiger partial charge in [-0.05, 0) is 63.9 Å². The van der Waals surface area contributed by atoms with Crippen LogP contribution in [0.1, 0.15) is 400 Å². The highest BCUT2D eigenvalue weighted by molar-refractivity contribution is 7.47. The Morgan fingerprint density at radius 2 is 0.693 bits per heavy atom. The summed E-state index contributed by atoms with van der Waals surface area (Å²) < 4.78 is 30.9. The van der Waals surface area contributed by atoms with E-state index in [1.807, 2.05) is 27.2 Å². The Balaban J connectivity index is 4.91. The summed E-state index contributed by atoms with van der Waals surface area (Å²) in [5.74, 6) is -0.482. The number of quaternary nitrogens is 1. The maximum atomic E-state index is 13.6. The molecule has 0 saturated heterocycles. The predicted molar refractivity (Wildman–Crippen MR) is 383 cm³/mol. The van der Waals surface area contributed by atoms with Gasteiger partial charge in [0.25, 0.3) is 0 Å². The standard InChI is InChI=1S/C78H151N2O7P/c1-7-10-13-16-19-22-25-28-30-32-34-36-38-39-40-41-43-45-47-49-51-53-56-59-62-65-68-71-78(82)87-76(69-66-63-60-57-54-27-24-21-18-15-12-9-3)75(74-86-88(83,84)85-73-72-80(4,5)6)79-77(81)70-67-64-61-58-55-52-50-48-46-44-42-37-35-33-31-29-26-23-20-17-14-11-8-2/h20,23,29,31,66,69,75-76H,7-19,21-22,24-28,30,32-65,67-68,70-74H2,1-6H3,(H-,79,81,83,84)/p+1/b23-20-,31-29-,69-66+. The lowest BCUT2D eigenvalue weighted by Gasteiger charge is -2.27. The first-order valence-electron chi connectivity index (χ1n) is 38.8. The highest BCUT2D eigenvalue weighted by atomic mass is 31.2. The Morgan fingerprint density at radius 3 is 1.05 bits per heavy atom. The van der Waals surface area contributed by atoms with Gasteiger partial charge in [0.1, 0.15) is 19.3 Å². The maximum Gasteiger partial charge on any atom is 0.472 e. The van der Waals surface area contributed by atoms with E-state index < -0.39 is 20.0 Å². The van der Waals surface area contributed by atoms with Crippen molar-refractivity contribution in [3.63, 3.8) is 0 Å². The Bertz CT molecular complexity index is 1600. The number of carbonyl (C=O) groups excluding carboxylic acids is 2. The minimum absolute atomic E-state index is 0.0433. The summed E-state index contributed by atoms with van der Waals surface area (Å²) in [5, 5.41) is 3.08. The van der Waals surface area contributed by atoms with Gasteiger partial charge in [0.05, 0.1) is 33.8 Å². The van der Waals surface area contributed by atoms with Gasteiger partial charge in [0.2, 0.25) is 5.91 Å². The number of nitrogens with zero attached hydrogens (tertiary/aromatic N) is 1. The van der Waals surface area contributed by atoms with Crippen LogP contribution < -0.4 is 5.32 Å². The van der Waals surface area contributed by atoms with Gasteiger partial charge >= 0.3 is 13.8 Å². The lowest BCUT2D eigenvalue weighted by molar-refractivity contribution is -0.870. The second-order valence-corrected chi connectivity index (χ2v) is 29.3. The fourth-order valence-electron chi connectivity index (χ4n) is 11.9. The van der Waals surface area contributed by atoms with Gasteiger partial charge in [-0.15, -0.1) is 0 Å². The normalized spacial score (nSPS) is 13.6. The van der Waals surface area contributed by atoms with Gasteiger partial charge in [-0.25, -0.2) is 4.57 Å². The largest absolute Gasteiger partial charge is 0.472 e. The van der Waals surface area contributed by atoms with E-state index in [1.165, 1.54) is 302 Å². The number of carbonyl (C=O) groups is 2. The molecule has 10 heteroatoms. The molecule has 0 aliphatic rings. The van der Waals surface area contributed by atoms with Crippen LogP contribution in [0.3, 0.4) is 0 Å². The number of hydrogen-bond acceptors (Lipinski definition) is 6. The van der Waals surface area contributed by atoms with Crippen LogP contribution in [-0.4, -0.2) is 74.3 Å². The van der Waals surface area contributed by atoms with Crippen LogP contribution in [0.2, 0.25) is 0 Å². The van der Waals surface area contributed by atoms with E-state index in [9.17, 15) is 19.0 Å². The molecule has 3 unspecified atom stereocenters. The van der Waals surface area contributed by atoms with E-state index in [4.69, 9.17) is 13.8 Å². The molecule has 3 atom stereocenters. The molecule has 0 bridgehead atoms. The number of allylic oxidation sites excluding steroid dienone is 5. The van der Waals surface area contributed by atoms with E-state index in [2.05, 4.69) is 56.5 Å². The monoisotopic (exact) mass is 1260 g/mol. The lowest BCUT2D eigenvalue weighted by atomic mass is 10.0. The topological polar surface area (TPSA) is 111 Å². The van der Waals surface area contributed by atoms with E-state index in [0.29, 0.717) is 23.9 Å². The van der Waals surface area contributed by atoms with Crippen LogP contribution in [-0.2, 0) is 27.9 Å². The van der Waals surface area contributed by atoms with Gasteiger partial charge in [0.15, 0.2) is 0 Å². The second kappa shape index (κ2) is 68.1. The molecule has 1 amide bonds. The third-order valence-electron chi connectivity index (χ3n) is 17.8. The number of ether oxygens (including phenoxy) is 1. The molecule has 0 spiro atoms. The van der Waals surface area contributed by atoms with Crippen LogP contribution in [0.15, 0.2) is 36.5 Å². The third kappa shape index (κ3) is 68.6. The number of esters is 1. The van der Waals surface area contributed by atoms with Crippen molar-refractivity contribution in [2.75, 3.05) is 40.9 Å². The van der Waals surface area contributed by atoms with Crippen LogP contribution in [0.4, 0.5) is 0 Å². The average molecular weight is 1260 g/mol. The molecule has 520 valence electrons. The number of rotatable bonds is 72. The summed E-state index contributed by atoms with van der Waals surface area (Å²) in [6, 6.07) is -0.846. The van der Waals surface area contributed by atoms with Crippen molar-refractivity contribution in [3.05, 3.63) is 36.5 Å². The number of phosphoric ester groups is 1. The van der Waals surface area contributed by atoms with E-state index in [1.54, 1.807) is 0 Å². The molecule has 0 aliphatic carbocycles. The number of phosphoric acid groups is 1. The Morgan fingerprint density at radius 1 is 0.398 bits per heavy atom. The Hall–Kier alpha value is -1.77. The molecule has 0 aliphatic heterocycles. The summed E-state index contributed by atoms with van der Waals surface area (Å²) in [5.41, 5.74) is 0. The van der Waals surface area contributed by atoms with Crippen LogP contribution in [0.5, 0.6) is 0 Å². The van der Waals surface area contributed by atoms with Crippen molar-refractivity contribution in [2.24, 2.45) is 0 Å². The summed E-state index contributed by atoms with van der Waals surface area (Å²) in [7, 11) is 1.52. The zero-order chi connectivity index (χ0) is 64.2. The molecule has 88 heavy (non-hydrogen) atoms. The van der Waals surface area contributed by atoms with Crippen LogP contribution in [0.25, 0.3) is 0 Å². The predicted octanol–water partition coefficient (Wildman–Crippen LogP) is 25.0. The molecule has 0 fully saturated rings. The van der Waals surface area contributed by atoms with Gasteiger partial charge in [-0.1, -0.05) is 359 Å². The van der Waals surface area contributed by atoms with Crippen LogP contribution in [0, 0.1) is 0 Å². The van der Waals surface area contributed by atoms with Crippen molar-refractivity contribution >= 4 is 19.7 Å². The maximum absolute atomic E-state index is 13.6. The first-order valence-corrected chi connectivity index (χ1v) is 40.3. The molecule has 0 radical (unpaired) electrons. The zero-order valence-corrected chi connectivity index (χ0v) is 60.6. The summed E-state index contributed by atoms with van der Waals surface area (Å²) in [6.07, 6.45) is 86.1. The quantitative estimate of drug-likeness (QED) is 0.0205. The number of amides is 1. The molecular weight excluding hydrogens is 1110 g/mol. The van der Waals surface area contributed by atoms with E-state index in [-0.39, 0.29) is 25.1 Å². The molecular formula is C78H152N2O7P+. The third-order valence-corrected chi connectivity index (χ3v) is 18.8. The fourth-order valence-corrected chi connectivity index (χ4v) is 12.6. The summed E-state index contributed by atoms with van der Waals surface area (Å²) in [6.45, 7) is 7.06. The SMILES string of the molecule is CCCCC/C=C\C/C=C\CCCCCCCCCCCCCCCC(=O)NC(COP(=O)(O)OCC[N+](C)(C)C)C(/C=C/CCCCCCCCCCCC)OC(=O)CCCCCCCCCCCCCCCCCCCCCCCCCCCCC. The number of nitrogens with one attached hydrogen (secondary N) is 1. The Labute approximate surface area is 548 Å². The molecule has 0 heterocycles. The Kier molecular flexibility index (Phi) is 66.7. The summed E-state index contributed by atoms with van der Waals surface area (Å²) >= 11 is 0. The zero-order valence-electron chi connectivity index (χ0n) is 59.8. The first-order chi connectivity index (χ1) is 42.9. The molecule has 9 nitrogen and oxygen atoms in total. The molecule has 0 aromatic rings. The first kappa shape index (κ1) is 86.2. The minimum atomic E-state index is -4.45. The lowest BCUT2D eigenvalue weighted by Crippen LogP contribution is -2.47. The highest BCUT2D eigenvalue weighted by Crippen LogP contribution is 2.43. The van der Waals surface area contributed by atoms with Crippen molar-refractivity contribution in [1.29, 1.82) is 0 Å². The van der Waals surface area contributed by atoms with E-state index in [0.717, 1.165) is 64.2 Å². The van der Waals surface area contributed by atoms with Crippen molar-refractivity contribution in [2.45, 2.75) is 412 Å². The van der Waals surface area contributed by atoms with Crippen LogP contribution >= 0.6 is 7.82 Å². The molecule has 2 N–H and O–H groups in total. The molecule has 0 aromatic carbocycles. The van der Waals surface area contributed by atoms with Crippen molar-refractivity contribution in [1.82, 2.24) is 5.32 Å². The molecule has 0 saturated carbocycles. The minimum Gasteiger partial charge on any atom is -0.456 e. The van der Waals surface area contributed by atoms with Gasteiger partial charge in [0, 0.05) is 12.8 Å². The summed E-state index contributed by atoms with van der Waals surface area (Å²) in [4.78, 5) is 38.0. The average Bonchev–Trinajstić information content (AvgIpc) is 3.53. The molecule has 0 rings (SSSR count). The smallest absolute Gasteiger partial charge is 0.456 e.